The van der Waals surface area contributed by atoms with E-state index in [1.165, 1.54) is 0 Å². The topological polar surface area (TPSA) is 61.4 Å². The van der Waals surface area contributed by atoms with Gasteiger partial charge in [-0.3, -0.25) is 9.59 Å². The predicted molar refractivity (Wildman–Crippen MR) is 101 cm³/mol. The Kier molecular flexibility index (Phi) is 4.32. The highest BCUT2D eigenvalue weighted by atomic mass is 35.5. The van der Waals surface area contributed by atoms with Gasteiger partial charge in [0.25, 0.3) is 5.91 Å². The largest absolute Gasteiger partial charge is 0.362 e. The van der Waals surface area contributed by atoms with Gasteiger partial charge in [-0.25, -0.2) is 0 Å². The number of benzene rings is 2. The summed E-state index contributed by atoms with van der Waals surface area (Å²) in [6.07, 6.45) is 1.64. The summed E-state index contributed by atoms with van der Waals surface area (Å²) in [5.74, 6) is 0.00526. The third-order valence-electron chi connectivity index (χ3n) is 5.17. The number of nitrogens with zero attached hydrogens (tertiary/aromatic N) is 1. The van der Waals surface area contributed by atoms with E-state index in [4.69, 9.17) is 11.6 Å². The second kappa shape index (κ2) is 6.65. The van der Waals surface area contributed by atoms with Crippen LogP contribution in [0.4, 0.5) is 5.69 Å². The number of carbonyl (C=O) groups excluding carboxylic acids is 2. The molecule has 0 aromatic heterocycles. The molecule has 1 fully saturated rings. The summed E-state index contributed by atoms with van der Waals surface area (Å²) < 4.78 is 0. The molecular weight excluding hydrogens is 350 g/mol. The molecule has 0 unspecified atom stereocenters. The maximum atomic E-state index is 12.6. The number of hydrogen-bond acceptors (Lipinski definition) is 3. The molecule has 0 saturated carbocycles. The highest BCUT2D eigenvalue weighted by Gasteiger charge is 2.40. The van der Waals surface area contributed by atoms with Crippen LogP contribution in [0.3, 0.4) is 0 Å². The van der Waals surface area contributed by atoms with Crippen LogP contribution in [-0.4, -0.2) is 35.5 Å². The summed E-state index contributed by atoms with van der Waals surface area (Å²) in [5, 5.41) is 7.18. The average molecular weight is 370 g/mol. The summed E-state index contributed by atoms with van der Waals surface area (Å²) >= 11 is 6.16. The molecule has 26 heavy (non-hydrogen) atoms. The van der Waals surface area contributed by atoms with Crippen LogP contribution in [0.5, 0.6) is 0 Å². The fourth-order valence-corrected chi connectivity index (χ4v) is 3.87. The monoisotopic (exact) mass is 369 g/mol. The molecule has 1 spiro atoms. The van der Waals surface area contributed by atoms with E-state index >= 15 is 0 Å². The lowest BCUT2D eigenvalue weighted by atomic mass is 9.92. The van der Waals surface area contributed by atoms with Crippen molar-refractivity contribution in [3.8, 4) is 0 Å². The number of halogens is 1. The average Bonchev–Trinajstić information content (AvgIpc) is 2.64. The number of likely N-dealkylation sites (tertiary alicyclic amines) is 1. The molecule has 0 atom stereocenters. The summed E-state index contributed by atoms with van der Waals surface area (Å²) in [6, 6.07) is 14.9. The standard InChI is InChI=1S/C20H20ClN3O2/c21-16-7-3-1-5-14(16)13-18(25)24-11-9-20(10-12-24)22-17-8-4-2-6-15(17)19(26)23-20/h1-8,22H,9-13H2,(H,23,26). The van der Waals surface area contributed by atoms with Gasteiger partial charge >= 0.3 is 0 Å². The van der Waals surface area contributed by atoms with E-state index in [1.807, 2.05) is 47.4 Å². The van der Waals surface area contributed by atoms with Gasteiger partial charge in [-0.15, -0.1) is 0 Å². The van der Waals surface area contributed by atoms with Crippen LogP contribution in [0.15, 0.2) is 48.5 Å². The lowest BCUT2D eigenvalue weighted by Gasteiger charge is -2.45. The zero-order valence-electron chi connectivity index (χ0n) is 14.3. The van der Waals surface area contributed by atoms with Gasteiger partial charge in [0.15, 0.2) is 0 Å². The Morgan fingerprint density at radius 3 is 2.50 bits per heavy atom. The van der Waals surface area contributed by atoms with Crippen molar-refractivity contribution in [3.63, 3.8) is 0 Å². The van der Waals surface area contributed by atoms with Crippen molar-refractivity contribution in [2.24, 2.45) is 0 Å². The maximum absolute atomic E-state index is 12.6. The normalized spacial score (nSPS) is 18.0. The van der Waals surface area contributed by atoms with Gasteiger partial charge in [0.05, 0.1) is 12.0 Å². The van der Waals surface area contributed by atoms with Gasteiger partial charge in [0.2, 0.25) is 5.91 Å². The molecule has 0 radical (unpaired) electrons. The van der Waals surface area contributed by atoms with Crippen LogP contribution < -0.4 is 10.6 Å². The van der Waals surface area contributed by atoms with Crippen molar-refractivity contribution in [1.29, 1.82) is 0 Å². The van der Waals surface area contributed by atoms with Crippen LogP contribution in [0.1, 0.15) is 28.8 Å². The first-order valence-electron chi connectivity index (χ1n) is 8.77. The Morgan fingerprint density at radius 2 is 1.73 bits per heavy atom. The highest BCUT2D eigenvalue weighted by molar-refractivity contribution is 6.31. The molecule has 2 aliphatic rings. The molecule has 2 aromatic carbocycles. The minimum absolute atomic E-state index is 0.0600. The van der Waals surface area contributed by atoms with Gasteiger partial charge in [-0.1, -0.05) is 41.9 Å². The first-order chi connectivity index (χ1) is 12.6. The van der Waals surface area contributed by atoms with Crippen LogP contribution in [0.2, 0.25) is 5.02 Å². The zero-order valence-corrected chi connectivity index (χ0v) is 15.1. The molecule has 6 heteroatoms. The van der Waals surface area contributed by atoms with E-state index in [9.17, 15) is 9.59 Å². The Morgan fingerprint density at radius 1 is 1.04 bits per heavy atom. The molecule has 2 heterocycles. The smallest absolute Gasteiger partial charge is 0.255 e. The maximum Gasteiger partial charge on any atom is 0.255 e. The summed E-state index contributed by atoms with van der Waals surface area (Å²) in [6.45, 7) is 1.19. The molecule has 0 aliphatic carbocycles. The minimum Gasteiger partial charge on any atom is -0.362 e. The number of carbonyl (C=O) groups is 2. The van der Waals surface area contributed by atoms with Crippen molar-refractivity contribution in [2.45, 2.75) is 24.9 Å². The fraction of sp³-hybridized carbons (Fsp3) is 0.300. The first-order valence-corrected chi connectivity index (χ1v) is 9.15. The van der Waals surface area contributed by atoms with Crippen molar-refractivity contribution >= 4 is 29.1 Å². The van der Waals surface area contributed by atoms with Crippen molar-refractivity contribution in [2.75, 3.05) is 18.4 Å². The van der Waals surface area contributed by atoms with Crippen molar-refractivity contribution < 1.29 is 9.59 Å². The number of para-hydroxylation sites is 1. The van der Waals surface area contributed by atoms with Crippen molar-refractivity contribution in [3.05, 3.63) is 64.7 Å². The predicted octanol–water partition coefficient (Wildman–Crippen LogP) is 3.06. The fourth-order valence-electron chi connectivity index (χ4n) is 3.67. The minimum atomic E-state index is -0.480. The van der Waals surface area contributed by atoms with Gasteiger partial charge in [0.1, 0.15) is 5.66 Å². The van der Waals surface area contributed by atoms with E-state index < -0.39 is 5.66 Å². The second-order valence-electron chi connectivity index (χ2n) is 6.86. The lowest BCUT2D eigenvalue weighted by Crippen LogP contribution is -2.62. The van der Waals surface area contributed by atoms with Gasteiger partial charge < -0.3 is 15.5 Å². The van der Waals surface area contributed by atoms with Crippen LogP contribution in [0, 0.1) is 0 Å². The molecule has 2 aliphatic heterocycles. The SMILES string of the molecule is O=C1NC2(CCN(C(=O)Cc3ccccc3Cl)CC2)Nc2ccccc21. The molecule has 1 saturated heterocycles. The highest BCUT2D eigenvalue weighted by Crippen LogP contribution is 2.31. The van der Waals surface area contributed by atoms with Crippen LogP contribution in [0.25, 0.3) is 0 Å². The Balaban J connectivity index is 1.42. The van der Waals surface area contributed by atoms with E-state index in [2.05, 4.69) is 10.6 Å². The quantitative estimate of drug-likeness (QED) is 0.855. The van der Waals surface area contributed by atoms with Gasteiger partial charge in [0, 0.05) is 36.6 Å². The van der Waals surface area contributed by atoms with E-state index in [0.717, 1.165) is 11.3 Å². The Bertz CT molecular complexity index is 860. The molecule has 2 amide bonds. The number of fused-ring (bicyclic) bond motifs is 1. The summed E-state index contributed by atoms with van der Waals surface area (Å²) in [4.78, 5) is 26.9. The van der Waals surface area contributed by atoms with Gasteiger partial charge in [-0.05, 0) is 23.8 Å². The molecule has 134 valence electrons. The third-order valence-corrected chi connectivity index (χ3v) is 5.54. The summed E-state index contributed by atoms with van der Waals surface area (Å²) in [5.41, 5.74) is 1.88. The number of rotatable bonds is 2. The third kappa shape index (κ3) is 3.15. The lowest BCUT2D eigenvalue weighted by molar-refractivity contribution is -0.132. The number of hydrogen-bond donors (Lipinski definition) is 2. The first kappa shape index (κ1) is 16.9. The molecule has 2 aromatic rings. The number of nitrogens with one attached hydrogen (secondary N) is 2. The number of amides is 2. The molecule has 5 nitrogen and oxygen atoms in total. The zero-order chi connectivity index (χ0) is 18.1. The molecule has 0 bridgehead atoms. The second-order valence-corrected chi connectivity index (χ2v) is 7.26. The van der Waals surface area contributed by atoms with Gasteiger partial charge in [-0.2, -0.15) is 0 Å². The van der Waals surface area contributed by atoms with E-state index in [0.29, 0.717) is 42.9 Å². The molecule has 2 N–H and O–H groups in total. The number of piperidine rings is 1. The Labute approximate surface area is 157 Å². The van der Waals surface area contributed by atoms with E-state index in [-0.39, 0.29) is 11.8 Å². The molecule has 4 rings (SSSR count). The Hall–Kier alpha value is -2.53. The van der Waals surface area contributed by atoms with Crippen LogP contribution >= 0.6 is 11.6 Å². The summed E-state index contributed by atoms with van der Waals surface area (Å²) in [7, 11) is 0. The number of anilines is 1. The van der Waals surface area contributed by atoms with Crippen molar-refractivity contribution in [1.82, 2.24) is 10.2 Å². The van der Waals surface area contributed by atoms with E-state index in [1.54, 1.807) is 6.07 Å². The van der Waals surface area contributed by atoms with Crippen LogP contribution in [-0.2, 0) is 11.2 Å². The molecular formula is C20H20ClN3O2.